The highest BCUT2D eigenvalue weighted by Crippen LogP contribution is 2.45. The molecule has 2 atom stereocenters. The summed E-state index contributed by atoms with van der Waals surface area (Å²) < 4.78 is 45.4. The average Bonchev–Trinajstić information content (AvgIpc) is 3.00. The van der Waals surface area contributed by atoms with Crippen LogP contribution in [-0.2, 0) is 11.3 Å². The van der Waals surface area contributed by atoms with Crippen molar-refractivity contribution in [3.63, 3.8) is 0 Å². The van der Waals surface area contributed by atoms with E-state index in [-0.39, 0.29) is 30.8 Å². The fraction of sp³-hybridized carbons (Fsp3) is 0.588. The zero-order valence-corrected chi connectivity index (χ0v) is 23.4. The SMILES string of the molecule is C=CC1CCC(C2CCC(C3CCC(c4ccc(COc5ccc(OCC)c(F)c5F)cc4)OC3)CC2)CC1. The van der Waals surface area contributed by atoms with Gasteiger partial charge in [0.05, 0.1) is 19.3 Å². The summed E-state index contributed by atoms with van der Waals surface area (Å²) in [5.41, 5.74) is 2.07. The van der Waals surface area contributed by atoms with Gasteiger partial charge in [-0.3, -0.25) is 0 Å². The molecular formula is C34H44F2O3. The van der Waals surface area contributed by atoms with Crippen molar-refractivity contribution in [1.82, 2.24) is 0 Å². The van der Waals surface area contributed by atoms with Crippen LogP contribution in [0.25, 0.3) is 0 Å². The van der Waals surface area contributed by atoms with Crippen molar-refractivity contribution in [2.45, 2.75) is 83.8 Å². The number of rotatable bonds is 9. The summed E-state index contributed by atoms with van der Waals surface area (Å²) in [6.45, 7) is 7.02. The fourth-order valence-corrected chi connectivity index (χ4v) is 7.23. The molecule has 212 valence electrons. The van der Waals surface area contributed by atoms with Crippen molar-refractivity contribution in [2.24, 2.45) is 29.6 Å². The molecular weight excluding hydrogens is 494 g/mol. The first-order chi connectivity index (χ1) is 19.1. The highest BCUT2D eigenvalue weighted by molar-refractivity contribution is 5.35. The maximum Gasteiger partial charge on any atom is 0.204 e. The van der Waals surface area contributed by atoms with E-state index in [9.17, 15) is 8.78 Å². The lowest BCUT2D eigenvalue weighted by atomic mass is 9.67. The van der Waals surface area contributed by atoms with E-state index in [0.29, 0.717) is 5.92 Å². The minimum atomic E-state index is -1.02. The Labute approximate surface area is 232 Å². The van der Waals surface area contributed by atoms with Crippen molar-refractivity contribution in [1.29, 1.82) is 0 Å². The second kappa shape index (κ2) is 13.3. The molecule has 5 rings (SSSR count). The van der Waals surface area contributed by atoms with Gasteiger partial charge in [0, 0.05) is 0 Å². The van der Waals surface area contributed by atoms with Gasteiger partial charge in [0.1, 0.15) is 6.61 Å². The van der Waals surface area contributed by atoms with E-state index >= 15 is 0 Å². The molecule has 1 saturated heterocycles. The van der Waals surface area contributed by atoms with E-state index in [1.54, 1.807) is 6.92 Å². The molecule has 2 aromatic carbocycles. The van der Waals surface area contributed by atoms with Crippen LogP contribution in [0.3, 0.4) is 0 Å². The molecule has 0 amide bonds. The van der Waals surface area contributed by atoms with Crippen molar-refractivity contribution >= 4 is 0 Å². The van der Waals surface area contributed by atoms with Gasteiger partial charge in [0.2, 0.25) is 11.6 Å². The molecule has 0 N–H and O–H groups in total. The molecule has 39 heavy (non-hydrogen) atoms. The van der Waals surface area contributed by atoms with Gasteiger partial charge in [0.15, 0.2) is 11.5 Å². The van der Waals surface area contributed by atoms with E-state index in [1.165, 1.54) is 75.5 Å². The van der Waals surface area contributed by atoms with E-state index in [1.807, 2.05) is 12.1 Å². The number of allylic oxidation sites excluding steroid dienone is 1. The fourth-order valence-electron chi connectivity index (χ4n) is 7.23. The standard InChI is InChI=1S/C34H44F2O3/c1-3-23-5-9-25(10-6-23)26-13-15-27(16-14-26)29-17-18-30(39-22-29)28-11-7-24(8-12-28)21-38-32-20-19-31(37-4-2)33(35)34(32)36/h3,7-8,11-12,19-20,23,25-27,29-30H,1,4-6,9-10,13-18,21-22H2,2H3. The Morgan fingerprint density at radius 2 is 1.28 bits per heavy atom. The first-order valence-corrected chi connectivity index (χ1v) is 15.1. The Kier molecular flexibility index (Phi) is 9.60. The molecule has 0 spiro atoms. The zero-order chi connectivity index (χ0) is 27.2. The van der Waals surface area contributed by atoms with Gasteiger partial charge in [-0.05, 0) is 124 Å². The zero-order valence-electron chi connectivity index (χ0n) is 23.4. The number of hydrogen-bond acceptors (Lipinski definition) is 3. The van der Waals surface area contributed by atoms with E-state index in [0.717, 1.165) is 42.3 Å². The van der Waals surface area contributed by atoms with Crippen LogP contribution in [-0.4, -0.2) is 13.2 Å². The third kappa shape index (κ3) is 6.85. The van der Waals surface area contributed by atoms with Gasteiger partial charge in [-0.2, -0.15) is 8.78 Å². The Hall–Kier alpha value is -2.40. The van der Waals surface area contributed by atoms with Crippen LogP contribution in [0.1, 0.15) is 88.4 Å². The third-order valence-corrected chi connectivity index (χ3v) is 9.67. The van der Waals surface area contributed by atoms with Crippen LogP contribution < -0.4 is 9.47 Å². The maximum atomic E-state index is 14.3. The summed E-state index contributed by atoms with van der Waals surface area (Å²) in [7, 11) is 0. The molecule has 3 nitrogen and oxygen atoms in total. The molecule has 5 heteroatoms. The quantitative estimate of drug-likeness (QED) is 0.298. The molecule has 2 unspecified atom stereocenters. The predicted octanol–water partition coefficient (Wildman–Crippen LogP) is 9.21. The number of ether oxygens (including phenoxy) is 3. The Bertz CT molecular complexity index is 1060. The number of hydrogen-bond donors (Lipinski definition) is 0. The molecule has 3 fully saturated rings. The summed E-state index contributed by atoms with van der Waals surface area (Å²) in [4.78, 5) is 0. The molecule has 0 radical (unpaired) electrons. The van der Waals surface area contributed by atoms with Gasteiger partial charge in [0.25, 0.3) is 0 Å². The second-order valence-corrected chi connectivity index (χ2v) is 11.9. The summed E-state index contributed by atoms with van der Waals surface area (Å²) >= 11 is 0. The maximum absolute atomic E-state index is 14.3. The molecule has 2 aliphatic carbocycles. The van der Waals surface area contributed by atoms with Crippen molar-refractivity contribution in [2.75, 3.05) is 13.2 Å². The topological polar surface area (TPSA) is 27.7 Å². The van der Waals surface area contributed by atoms with Crippen LogP contribution in [0, 0.1) is 41.2 Å². The van der Waals surface area contributed by atoms with Crippen molar-refractivity contribution < 1.29 is 23.0 Å². The molecule has 1 aliphatic heterocycles. The summed E-state index contributed by atoms with van der Waals surface area (Å²) in [6, 6.07) is 10.9. The second-order valence-electron chi connectivity index (χ2n) is 11.9. The normalized spacial score (nSPS) is 29.5. The van der Waals surface area contributed by atoms with Crippen molar-refractivity contribution in [3.05, 3.63) is 71.8 Å². The third-order valence-electron chi connectivity index (χ3n) is 9.67. The smallest absolute Gasteiger partial charge is 0.204 e. The van der Waals surface area contributed by atoms with Gasteiger partial charge in [-0.1, -0.05) is 30.3 Å². The van der Waals surface area contributed by atoms with E-state index < -0.39 is 11.6 Å². The molecule has 1 heterocycles. The van der Waals surface area contributed by atoms with Crippen LogP contribution in [0.4, 0.5) is 8.78 Å². The molecule has 2 saturated carbocycles. The van der Waals surface area contributed by atoms with Crippen LogP contribution >= 0.6 is 0 Å². The Morgan fingerprint density at radius 1 is 0.744 bits per heavy atom. The largest absolute Gasteiger partial charge is 0.491 e. The average molecular weight is 539 g/mol. The van der Waals surface area contributed by atoms with Crippen LogP contribution in [0.15, 0.2) is 49.1 Å². The van der Waals surface area contributed by atoms with E-state index in [2.05, 4.69) is 24.8 Å². The summed E-state index contributed by atoms with van der Waals surface area (Å²) in [5, 5.41) is 0. The number of halogens is 2. The molecule has 0 aromatic heterocycles. The van der Waals surface area contributed by atoms with Gasteiger partial charge in [-0.25, -0.2) is 0 Å². The highest BCUT2D eigenvalue weighted by atomic mass is 19.2. The lowest BCUT2D eigenvalue weighted by Crippen LogP contribution is -2.32. The van der Waals surface area contributed by atoms with Gasteiger partial charge >= 0.3 is 0 Å². The first kappa shape index (κ1) is 28.1. The van der Waals surface area contributed by atoms with Crippen LogP contribution in [0.5, 0.6) is 11.5 Å². The predicted molar refractivity (Wildman–Crippen MR) is 151 cm³/mol. The lowest BCUT2D eigenvalue weighted by Gasteiger charge is -2.41. The van der Waals surface area contributed by atoms with Crippen LogP contribution in [0.2, 0.25) is 0 Å². The minimum absolute atomic E-state index is 0.101. The summed E-state index contributed by atoms with van der Waals surface area (Å²) in [6.07, 6.45) is 15.7. The highest BCUT2D eigenvalue weighted by Gasteiger charge is 2.35. The van der Waals surface area contributed by atoms with E-state index in [4.69, 9.17) is 14.2 Å². The first-order valence-electron chi connectivity index (χ1n) is 15.1. The lowest BCUT2D eigenvalue weighted by molar-refractivity contribution is -0.0420. The molecule has 3 aliphatic rings. The van der Waals surface area contributed by atoms with Gasteiger partial charge < -0.3 is 14.2 Å². The summed E-state index contributed by atoms with van der Waals surface area (Å²) in [5.74, 6) is 1.90. The monoisotopic (exact) mass is 538 g/mol. The number of benzene rings is 2. The Morgan fingerprint density at radius 3 is 1.82 bits per heavy atom. The Balaban J connectivity index is 1.05. The van der Waals surface area contributed by atoms with Crippen molar-refractivity contribution in [3.8, 4) is 11.5 Å². The molecule has 2 aromatic rings. The minimum Gasteiger partial charge on any atom is -0.491 e. The molecule has 0 bridgehead atoms. The van der Waals surface area contributed by atoms with Gasteiger partial charge in [-0.15, -0.1) is 6.58 Å².